The van der Waals surface area contributed by atoms with Crippen molar-refractivity contribution < 1.29 is 18.0 Å². The number of rotatable bonds is 5. The Hall–Kier alpha value is -2.90. The zero-order valence-corrected chi connectivity index (χ0v) is 15.3. The first kappa shape index (κ1) is 20.4. The van der Waals surface area contributed by atoms with Crippen molar-refractivity contribution in [3.05, 3.63) is 53.5 Å². The molecule has 0 aliphatic carbocycles. The van der Waals surface area contributed by atoms with Gasteiger partial charge in [-0.05, 0) is 37.6 Å². The van der Waals surface area contributed by atoms with Gasteiger partial charge in [0.2, 0.25) is 5.91 Å². The lowest BCUT2D eigenvalue weighted by Gasteiger charge is -2.32. The van der Waals surface area contributed by atoms with E-state index < -0.39 is 30.0 Å². The van der Waals surface area contributed by atoms with Crippen molar-refractivity contribution in [2.45, 2.75) is 26.2 Å². The van der Waals surface area contributed by atoms with Crippen molar-refractivity contribution in [1.29, 1.82) is 5.41 Å². The number of hydrogen-bond donors (Lipinski definition) is 3. The van der Waals surface area contributed by atoms with Crippen molar-refractivity contribution in [1.82, 2.24) is 5.32 Å². The van der Waals surface area contributed by atoms with Gasteiger partial charge >= 0.3 is 0 Å². The van der Waals surface area contributed by atoms with Gasteiger partial charge < -0.3 is 10.6 Å². The summed E-state index contributed by atoms with van der Waals surface area (Å²) in [6.45, 7) is 5.65. The molecule has 1 heterocycles. The van der Waals surface area contributed by atoms with Crippen LogP contribution in [0.4, 0.5) is 18.9 Å². The van der Waals surface area contributed by atoms with Crippen molar-refractivity contribution in [3.63, 3.8) is 0 Å². The van der Waals surface area contributed by atoms with E-state index in [1.807, 2.05) is 0 Å². The molecule has 1 atom stereocenters. The van der Waals surface area contributed by atoms with E-state index in [0.717, 1.165) is 19.2 Å². The molecule has 1 aliphatic heterocycles. The third-order valence-corrected chi connectivity index (χ3v) is 4.38. The third-order valence-electron chi connectivity index (χ3n) is 4.38. The first-order valence-corrected chi connectivity index (χ1v) is 8.24. The van der Waals surface area contributed by atoms with Crippen LogP contribution in [0.15, 0.2) is 47.1 Å². The summed E-state index contributed by atoms with van der Waals surface area (Å²) in [6.07, 6.45) is 0.686. The van der Waals surface area contributed by atoms with Gasteiger partial charge in [0.05, 0.1) is 11.6 Å². The minimum Gasteiger partial charge on any atom is -0.388 e. The van der Waals surface area contributed by atoms with Gasteiger partial charge in [0.25, 0.3) is 5.92 Å². The fourth-order valence-corrected chi connectivity index (χ4v) is 3.05. The van der Waals surface area contributed by atoms with Gasteiger partial charge in [-0.2, -0.15) is 0 Å². The summed E-state index contributed by atoms with van der Waals surface area (Å²) in [5.41, 5.74) is 0.761. The van der Waals surface area contributed by atoms with Crippen LogP contribution in [-0.4, -0.2) is 30.4 Å². The van der Waals surface area contributed by atoms with Crippen LogP contribution in [-0.2, 0) is 4.79 Å². The van der Waals surface area contributed by atoms with E-state index in [9.17, 15) is 18.0 Å². The molecule has 27 heavy (non-hydrogen) atoms. The lowest BCUT2D eigenvalue weighted by Crippen LogP contribution is -2.46. The number of amidine groups is 1. The van der Waals surface area contributed by atoms with Gasteiger partial charge in [-0.3, -0.25) is 10.2 Å². The number of piperidine rings is 1. The van der Waals surface area contributed by atoms with Crippen LogP contribution in [0.2, 0.25) is 0 Å². The SMILES string of the molecule is C=CN=C1NC(=O)CC(C(C)(F)F)/C1=C(/C)C(=N)c1cc(F)ccc1NC. The molecule has 1 aromatic carbocycles. The van der Waals surface area contributed by atoms with Gasteiger partial charge in [0.1, 0.15) is 11.7 Å². The molecule has 8 heteroatoms. The van der Waals surface area contributed by atoms with Crippen molar-refractivity contribution >= 4 is 23.1 Å². The highest BCUT2D eigenvalue weighted by molar-refractivity contribution is 6.20. The van der Waals surface area contributed by atoms with Crippen molar-refractivity contribution in [2.75, 3.05) is 12.4 Å². The number of anilines is 1. The van der Waals surface area contributed by atoms with Crippen LogP contribution < -0.4 is 10.6 Å². The molecule has 2 rings (SSSR count). The molecule has 1 aromatic rings. The standard InChI is InChI=1S/C19H21F3N4O/c1-5-25-18-16(13(19(3,21)22)9-15(27)26-18)10(2)17(23)12-8-11(20)6-7-14(12)24-4/h5-8,13,23-24H,1,9H2,2-4H3,(H,25,26,27)/b16-10+,23-17?. The summed E-state index contributed by atoms with van der Waals surface area (Å²) in [5.74, 6) is -5.90. The molecule has 1 amide bonds. The lowest BCUT2D eigenvalue weighted by molar-refractivity contribution is -0.124. The van der Waals surface area contributed by atoms with Crippen LogP contribution in [0.3, 0.4) is 0 Å². The Labute approximate surface area is 155 Å². The summed E-state index contributed by atoms with van der Waals surface area (Å²) in [6, 6.07) is 3.85. The maximum Gasteiger partial charge on any atom is 0.252 e. The second kappa shape index (κ2) is 7.77. The number of hydrogen-bond acceptors (Lipinski definition) is 4. The molecule has 1 unspecified atom stereocenters. The monoisotopic (exact) mass is 378 g/mol. The highest BCUT2D eigenvalue weighted by Gasteiger charge is 2.44. The molecule has 0 radical (unpaired) electrons. The highest BCUT2D eigenvalue weighted by atomic mass is 19.3. The van der Waals surface area contributed by atoms with E-state index in [4.69, 9.17) is 5.41 Å². The Morgan fingerprint density at radius 2 is 2.15 bits per heavy atom. The van der Waals surface area contributed by atoms with Gasteiger partial charge in [0, 0.05) is 36.5 Å². The van der Waals surface area contributed by atoms with Crippen LogP contribution in [0.25, 0.3) is 0 Å². The Morgan fingerprint density at radius 3 is 2.70 bits per heavy atom. The zero-order chi connectivity index (χ0) is 20.4. The predicted octanol–water partition coefficient (Wildman–Crippen LogP) is 3.89. The number of allylic oxidation sites excluding steroid dienone is 1. The van der Waals surface area contributed by atoms with E-state index in [1.165, 1.54) is 19.1 Å². The third kappa shape index (κ3) is 4.27. The number of benzene rings is 1. The van der Waals surface area contributed by atoms with Crippen LogP contribution in [0.1, 0.15) is 25.8 Å². The van der Waals surface area contributed by atoms with Gasteiger partial charge in [-0.25, -0.2) is 18.2 Å². The average molecular weight is 378 g/mol. The number of nitrogens with zero attached hydrogens (tertiary/aromatic N) is 1. The van der Waals surface area contributed by atoms with E-state index >= 15 is 0 Å². The second-order valence-corrected chi connectivity index (χ2v) is 6.28. The maximum absolute atomic E-state index is 14.2. The van der Waals surface area contributed by atoms with Crippen LogP contribution >= 0.6 is 0 Å². The van der Waals surface area contributed by atoms with Gasteiger partial charge in [-0.15, -0.1) is 0 Å². The molecule has 3 N–H and O–H groups in total. The molecule has 0 bridgehead atoms. The van der Waals surface area contributed by atoms with Crippen LogP contribution in [0, 0.1) is 17.1 Å². The minimum atomic E-state index is -3.22. The number of alkyl halides is 2. The largest absolute Gasteiger partial charge is 0.388 e. The number of halogens is 3. The fraction of sp³-hybridized carbons (Fsp3) is 0.316. The maximum atomic E-state index is 14.2. The fourth-order valence-electron chi connectivity index (χ4n) is 3.05. The molecule has 5 nitrogen and oxygen atoms in total. The summed E-state index contributed by atoms with van der Waals surface area (Å²) in [5, 5.41) is 13.8. The topological polar surface area (TPSA) is 77.3 Å². The number of aliphatic imine (C=N–C) groups is 1. The number of carbonyl (C=O) groups is 1. The summed E-state index contributed by atoms with van der Waals surface area (Å²) < 4.78 is 42.2. The molecular formula is C19H21F3N4O. The van der Waals surface area contributed by atoms with Crippen molar-refractivity contribution in [3.8, 4) is 0 Å². The molecule has 0 saturated carbocycles. The average Bonchev–Trinajstić information content (AvgIpc) is 2.59. The minimum absolute atomic E-state index is 0.0401. The normalized spacial score (nSPS) is 20.9. The predicted molar refractivity (Wildman–Crippen MR) is 100.0 cm³/mol. The highest BCUT2D eigenvalue weighted by Crippen LogP contribution is 2.38. The summed E-state index contributed by atoms with van der Waals surface area (Å²) in [7, 11) is 1.61. The second-order valence-electron chi connectivity index (χ2n) is 6.28. The Kier molecular flexibility index (Phi) is 5.88. The van der Waals surface area contributed by atoms with Crippen molar-refractivity contribution in [2.24, 2.45) is 10.9 Å². The lowest BCUT2D eigenvalue weighted by atomic mass is 9.81. The Morgan fingerprint density at radius 1 is 1.48 bits per heavy atom. The Balaban J connectivity index is 2.69. The number of amides is 1. The first-order valence-electron chi connectivity index (χ1n) is 8.24. The van der Waals surface area contributed by atoms with E-state index in [0.29, 0.717) is 5.69 Å². The molecule has 0 spiro atoms. The molecule has 1 saturated heterocycles. The quantitative estimate of drug-likeness (QED) is 0.680. The molecule has 144 valence electrons. The summed E-state index contributed by atoms with van der Waals surface area (Å²) in [4.78, 5) is 15.8. The zero-order valence-electron chi connectivity index (χ0n) is 15.3. The smallest absolute Gasteiger partial charge is 0.252 e. The van der Waals surface area contributed by atoms with E-state index in [-0.39, 0.29) is 28.3 Å². The number of nitrogens with one attached hydrogen (secondary N) is 3. The molecular weight excluding hydrogens is 357 g/mol. The molecule has 1 aliphatic rings. The van der Waals surface area contributed by atoms with Crippen LogP contribution in [0.5, 0.6) is 0 Å². The molecule has 0 aromatic heterocycles. The van der Waals surface area contributed by atoms with Gasteiger partial charge in [0.15, 0.2) is 0 Å². The van der Waals surface area contributed by atoms with E-state index in [1.54, 1.807) is 7.05 Å². The van der Waals surface area contributed by atoms with Gasteiger partial charge in [-0.1, -0.05) is 6.58 Å². The molecule has 1 fully saturated rings. The Bertz CT molecular complexity index is 853. The first-order chi connectivity index (χ1) is 12.6. The number of carbonyl (C=O) groups excluding carboxylic acids is 1. The summed E-state index contributed by atoms with van der Waals surface area (Å²) >= 11 is 0. The van der Waals surface area contributed by atoms with E-state index in [2.05, 4.69) is 22.2 Å².